The van der Waals surface area contributed by atoms with Crippen molar-refractivity contribution in [2.75, 3.05) is 25.4 Å². The molecule has 1 aromatic carbocycles. The fraction of sp³-hybridized carbons (Fsp3) is 0.556. The number of aromatic nitrogens is 3. The van der Waals surface area contributed by atoms with Crippen molar-refractivity contribution in [2.24, 2.45) is 0 Å². The minimum absolute atomic E-state index is 0.417. The second-order valence-corrected chi connectivity index (χ2v) is 7.79. The fourth-order valence-corrected chi connectivity index (χ4v) is 4.31. The first-order chi connectivity index (χ1) is 12.3. The van der Waals surface area contributed by atoms with Crippen LogP contribution in [0.5, 0.6) is 5.75 Å². The number of halogens is 1. The molecule has 3 rings (SSSR count). The average molecular weight is 382 g/mol. The summed E-state index contributed by atoms with van der Waals surface area (Å²) in [7, 11) is 0. The van der Waals surface area contributed by atoms with Gasteiger partial charge in [0.05, 0.1) is 25.4 Å². The van der Waals surface area contributed by atoms with Crippen LogP contribution in [0.1, 0.15) is 32.0 Å². The van der Waals surface area contributed by atoms with E-state index in [-0.39, 0.29) is 0 Å². The molecule has 0 unspecified atom stereocenters. The number of hydrogen-bond acceptors (Lipinski definition) is 4. The van der Waals surface area contributed by atoms with Crippen LogP contribution in [-0.2, 0) is 13.2 Å². The lowest BCUT2D eigenvalue weighted by molar-refractivity contribution is -0.902. The van der Waals surface area contributed by atoms with Crippen molar-refractivity contribution in [2.45, 2.75) is 44.5 Å². The summed E-state index contributed by atoms with van der Waals surface area (Å²) in [6, 6.07) is 7.38. The van der Waals surface area contributed by atoms with Crippen LogP contribution >= 0.6 is 23.4 Å². The lowest BCUT2D eigenvalue weighted by Gasteiger charge is -2.23. The molecule has 0 bridgehead atoms. The van der Waals surface area contributed by atoms with Gasteiger partial charge in [-0.25, -0.2) is 0 Å². The molecule has 2 aromatic rings. The van der Waals surface area contributed by atoms with Crippen molar-refractivity contribution in [1.29, 1.82) is 0 Å². The van der Waals surface area contributed by atoms with Gasteiger partial charge in [0.2, 0.25) is 0 Å². The molecule has 2 heterocycles. The minimum atomic E-state index is 0.417. The van der Waals surface area contributed by atoms with Gasteiger partial charge in [-0.05, 0) is 50.5 Å². The van der Waals surface area contributed by atoms with Crippen molar-refractivity contribution in [1.82, 2.24) is 14.8 Å². The third-order valence-electron chi connectivity index (χ3n) is 4.54. The van der Waals surface area contributed by atoms with E-state index in [4.69, 9.17) is 16.3 Å². The predicted molar refractivity (Wildman–Crippen MR) is 102 cm³/mol. The maximum atomic E-state index is 5.90. The van der Waals surface area contributed by atoms with Crippen LogP contribution in [0.25, 0.3) is 0 Å². The summed E-state index contributed by atoms with van der Waals surface area (Å²) in [6.07, 6.45) is 4.15. The molecule has 0 atom stereocenters. The summed E-state index contributed by atoms with van der Waals surface area (Å²) < 4.78 is 7.95. The van der Waals surface area contributed by atoms with Crippen molar-refractivity contribution < 1.29 is 9.64 Å². The lowest BCUT2D eigenvalue weighted by Crippen LogP contribution is -3.13. The minimum Gasteiger partial charge on any atom is -0.486 e. The third-order valence-corrected chi connectivity index (χ3v) is 5.76. The van der Waals surface area contributed by atoms with Crippen LogP contribution in [0.3, 0.4) is 0 Å². The number of benzene rings is 1. The zero-order chi connectivity index (χ0) is 17.5. The quantitative estimate of drug-likeness (QED) is 0.714. The molecule has 1 aliphatic heterocycles. The van der Waals surface area contributed by atoms with E-state index in [9.17, 15) is 0 Å². The van der Waals surface area contributed by atoms with Gasteiger partial charge in [0.1, 0.15) is 12.4 Å². The summed E-state index contributed by atoms with van der Waals surface area (Å²) in [4.78, 5) is 1.73. The van der Waals surface area contributed by atoms with E-state index in [1.807, 2.05) is 24.3 Å². The second-order valence-electron chi connectivity index (χ2n) is 6.29. The maximum absolute atomic E-state index is 5.90. The smallest absolute Gasteiger partial charge is 0.191 e. The van der Waals surface area contributed by atoms with E-state index in [1.165, 1.54) is 38.9 Å². The van der Waals surface area contributed by atoms with Crippen molar-refractivity contribution in [3.05, 3.63) is 35.1 Å². The Labute approximate surface area is 158 Å². The highest BCUT2D eigenvalue weighted by atomic mass is 35.5. The van der Waals surface area contributed by atoms with Gasteiger partial charge < -0.3 is 14.2 Å². The van der Waals surface area contributed by atoms with Gasteiger partial charge in [-0.2, -0.15) is 0 Å². The van der Waals surface area contributed by atoms with Crippen LogP contribution in [0.4, 0.5) is 0 Å². The molecule has 0 radical (unpaired) electrons. The van der Waals surface area contributed by atoms with E-state index in [2.05, 4.69) is 21.7 Å². The Hall–Kier alpha value is -1.24. The molecule has 1 aromatic heterocycles. The van der Waals surface area contributed by atoms with E-state index in [1.54, 1.807) is 16.7 Å². The number of quaternary nitrogens is 1. The second kappa shape index (κ2) is 9.46. The molecule has 0 spiro atoms. The predicted octanol–water partition coefficient (Wildman–Crippen LogP) is 2.69. The van der Waals surface area contributed by atoms with Gasteiger partial charge in [0, 0.05) is 11.6 Å². The molecule has 0 saturated carbocycles. The summed E-state index contributed by atoms with van der Waals surface area (Å²) in [5.41, 5.74) is 0. The molecule has 1 fully saturated rings. The maximum Gasteiger partial charge on any atom is 0.191 e. The van der Waals surface area contributed by atoms with Crippen molar-refractivity contribution in [3.8, 4) is 5.75 Å². The van der Waals surface area contributed by atoms with Crippen LogP contribution in [0, 0.1) is 0 Å². The highest BCUT2D eigenvalue weighted by Crippen LogP contribution is 2.19. The molecular weight excluding hydrogens is 356 g/mol. The summed E-state index contributed by atoms with van der Waals surface area (Å²) in [6.45, 7) is 7.24. The molecule has 5 nitrogen and oxygen atoms in total. The van der Waals surface area contributed by atoms with Gasteiger partial charge in [-0.3, -0.25) is 0 Å². The molecule has 1 aliphatic rings. The third kappa shape index (κ3) is 5.36. The van der Waals surface area contributed by atoms with Gasteiger partial charge in [-0.1, -0.05) is 23.4 Å². The van der Waals surface area contributed by atoms with Crippen molar-refractivity contribution in [3.63, 3.8) is 0 Å². The number of hydrogen-bond donors (Lipinski definition) is 1. The number of thioether (sulfide) groups is 1. The Morgan fingerprint density at radius 3 is 2.64 bits per heavy atom. The SMILES string of the molecule is CCn1c(COc2ccc(Cl)cc2)nnc1SCC[NH+]1CCCCC1. The molecule has 25 heavy (non-hydrogen) atoms. The molecule has 136 valence electrons. The van der Waals surface area contributed by atoms with Crippen molar-refractivity contribution >= 4 is 23.4 Å². The molecule has 0 aliphatic carbocycles. The first kappa shape index (κ1) is 18.5. The number of nitrogens with one attached hydrogen (secondary N) is 1. The zero-order valence-electron chi connectivity index (χ0n) is 14.7. The number of nitrogens with zero attached hydrogens (tertiary/aromatic N) is 3. The Bertz CT molecular complexity index is 656. The van der Waals surface area contributed by atoms with Gasteiger partial charge in [-0.15, -0.1) is 10.2 Å². The monoisotopic (exact) mass is 381 g/mol. The summed E-state index contributed by atoms with van der Waals surface area (Å²) in [5, 5.41) is 10.4. The molecule has 1 N–H and O–H groups in total. The Kier molecular flexibility index (Phi) is 7.02. The lowest BCUT2D eigenvalue weighted by atomic mass is 10.1. The molecule has 1 saturated heterocycles. The number of ether oxygens (including phenoxy) is 1. The topological polar surface area (TPSA) is 44.4 Å². The van der Waals surface area contributed by atoms with E-state index in [0.717, 1.165) is 29.0 Å². The average Bonchev–Trinajstić information content (AvgIpc) is 3.04. The Morgan fingerprint density at radius 1 is 1.16 bits per heavy atom. The first-order valence-electron chi connectivity index (χ1n) is 9.03. The van der Waals surface area contributed by atoms with E-state index < -0.39 is 0 Å². The molecular formula is C18H26ClN4OS+. The standard InChI is InChI=1S/C18H25ClN4OS/c1-2-23-17(14-24-16-8-6-15(19)7-9-16)20-21-18(23)25-13-12-22-10-4-3-5-11-22/h6-9H,2-5,10-14H2,1H3/p+1. The number of piperidine rings is 1. The Balaban J connectivity index is 1.52. The van der Waals surface area contributed by atoms with E-state index in [0.29, 0.717) is 11.6 Å². The van der Waals surface area contributed by atoms with Gasteiger partial charge in [0.15, 0.2) is 11.0 Å². The highest BCUT2D eigenvalue weighted by Gasteiger charge is 2.15. The largest absolute Gasteiger partial charge is 0.486 e. The first-order valence-corrected chi connectivity index (χ1v) is 10.4. The molecule has 7 heteroatoms. The number of rotatable bonds is 8. The van der Waals surface area contributed by atoms with Crippen LogP contribution in [0.2, 0.25) is 5.02 Å². The van der Waals surface area contributed by atoms with Crippen LogP contribution in [-0.4, -0.2) is 40.2 Å². The normalized spacial score (nSPS) is 15.4. The van der Waals surface area contributed by atoms with Crippen LogP contribution < -0.4 is 9.64 Å². The fourth-order valence-electron chi connectivity index (χ4n) is 3.12. The Morgan fingerprint density at radius 2 is 1.92 bits per heavy atom. The number of likely N-dealkylation sites (tertiary alicyclic amines) is 1. The van der Waals surface area contributed by atoms with Gasteiger partial charge >= 0.3 is 0 Å². The van der Waals surface area contributed by atoms with Gasteiger partial charge in [0.25, 0.3) is 0 Å². The van der Waals surface area contributed by atoms with E-state index >= 15 is 0 Å². The zero-order valence-corrected chi connectivity index (χ0v) is 16.3. The van der Waals surface area contributed by atoms with Crippen LogP contribution in [0.15, 0.2) is 29.4 Å². The summed E-state index contributed by atoms with van der Waals surface area (Å²) >= 11 is 7.70. The highest BCUT2D eigenvalue weighted by molar-refractivity contribution is 7.99. The molecule has 0 amide bonds. The summed E-state index contributed by atoms with van der Waals surface area (Å²) in [5.74, 6) is 2.74.